The summed E-state index contributed by atoms with van der Waals surface area (Å²) in [6.07, 6.45) is 5.58. The molecule has 0 aliphatic heterocycles. The van der Waals surface area contributed by atoms with Crippen LogP contribution in [0.25, 0.3) is 33.4 Å². The largest absolute Gasteiger partial charge is 0.346 e. The summed E-state index contributed by atoms with van der Waals surface area (Å²) in [6.45, 7) is 0. The van der Waals surface area contributed by atoms with E-state index in [-0.39, 0.29) is 0 Å². The lowest BCUT2D eigenvalue weighted by molar-refractivity contribution is 1.32. The van der Waals surface area contributed by atoms with E-state index in [4.69, 9.17) is 0 Å². The van der Waals surface area contributed by atoms with Crippen LogP contribution in [0.1, 0.15) is 0 Å². The van der Waals surface area contributed by atoms with Crippen molar-refractivity contribution in [3.63, 3.8) is 0 Å². The molecule has 0 atom stereocenters. The van der Waals surface area contributed by atoms with Crippen LogP contribution in [0.15, 0.2) is 73.2 Å². The summed E-state index contributed by atoms with van der Waals surface area (Å²) in [4.78, 5) is 12.0. The van der Waals surface area contributed by atoms with Crippen molar-refractivity contribution in [1.29, 1.82) is 0 Å². The van der Waals surface area contributed by atoms with Gasteiger partial charge in [-0.2, -0.15) is 0 Å². The highest BCUT2D eigenvalue weighted by Gasteiger charge is 2.11. The molecule has 0 unspecified atom stereocenters. The van der Waals surface area contributed by atoms with Crippen LogP contribution in [-0.2, 0) is 0 Å². The highest BCUT2D eigenvalue weighted by molar-refractivity contribution is 5.97. The van der Waals surface area contributed by atoms with Crippen LogP contribution in [0.4, 0.5) is 0 Å². The van der Waals surface area contributed by atoms with E-state index in [0.29, 0.717) is 0 Å². The van der Waals surface area contributed by atoms with Gasteiger partial charge in [-0.15, -0.1) is 0 Å². The molecule has 4 aromatic rings. The standard InChI is InChI=1S/C18H13N3/c1-2-6-15(17-7-3-4-10-19-17)13(5-1)14-8-11-20-18-16(14)9-12-21-18/h1-12H,(H,20,21). The molecule has 3 heteroatoms. The Labute approximate surface area is 122 Å². The Hall–Kier alpha value is -2.94. The Morgan fingerprint density at radius 3 is 2.38 bits per heavy atom. The molecular weight excluding hydrogens is 258 g/mol. The fraction of sp³-hybridized carbons (Fsp3) is 0. The van der Waals surface area contributed by atoms with Crippen molar-refractivity contribution in [3.05, 3.63) is 73.2 Å². The van der Waals surface area contributed by atoms with Gasteiger partial charge in [0.2, 0.25) is 0 Å². The van der Waals surface area contributed by atoms with E-state index in [1.165, 1.54) is 11.1 Å². The van der Waals surface area contributed by atoms with Gasteiger partial charge >= 0.3 is 0 Å². The van der Waals surface area contributed by atoms with Crippen LogP contribution in [0, 0.1) is 0 Å². The molecule has 0 bridgehead atoms. The second kappa shape index (κ2) is 4.87. The number of nitrogens with zero attached hydrogens (tertiary/aromatic N) is 2. The molecule has 0 spiro atoms. The molecule has 0 amide bonds. The van der Waals surface area contributed by atoms with Gasteiger partial charge in [0.15, 0.2) is 0 Å². The molecule has 3 heterocycles. The number of H-pyrrole nitrogens is 1. The normalized spacial score (nSPS) is 10.9. The average molecular weight is 271 g/mol. The quantitative estimate of drug-likeness (QED) is 0.591. The molecule has 100 valence electrons. The summed E-state index contributed by atoms with van der Waals surface area (Å²) in [5, 5.41) is 1.13. The number of benzene rings is 1. The van der Waals surface area contributed by atoms with Gasteiger partial charge in [-0.1, -0.05) is 30.3 Å². The molecule has 0 radical (unpaired) electrons. The number of aromatic amines is 1. The van der Waals surface area contributed by atoms with Crippen molar-refractivity contribution in [2.75, 3.05) is 0 Å². The molecular formula is C18H13N3. The van der Waals surface area contributed by atoms with Gasteiger partial charge in [0.1, 0.15) is 5.65 Å². The third-order valence-electron chi connectivity index (χ3n) is 3.62. The number of aromatic nitrogens is 3. The molecule has 0 saturated heterocycles. The lowest BCUT2D eigenvalue weighted by atomic mass is 9.96. The maximum Gasteiger partial charge on any atom is 0.137 e. The van der Waals surface area contributed by atoms with Crippen LogP contribution >= 0.6 is 0 Å². The summed E-state index contributed by atoms with van der Waals surface area (Å²) in [5.41, 5.74) is 5.36. The lowest BCUT2D eigenvalue weighted by Crippen LogP contribution is -1.88. The second-order valence-corrected chi connectivity index (χ2v) is 4.86. The van der Waals surface area contributed by atoms with E-state index < -0.39 is 0 Å². The van der Waals surface area contributed by atoms with Crippen LogP contribution < -0.4 is 0 Å². The Balaban J connectivity index is 2.00. The van der Waals surface area contributed by atoms with E-state index in [9.17, 15) is 0 Å². The van der Waals surface area contributed by atoms with Crippen molar-refractivity contribution in [2.24, 2.45) is 0 Å². The fourth-order valence-electron chi connectivity index (χ4n) is 2.66. The van der Waals surface area contributed by atoms with Gasteiger partial charge < -0.3 is 4.98 Å². The zero-order chi connectivity index (χ0) is 14.1. The van der Waals surface area contributed by atoms with Crippen molar-refractivity contribution in [3.8, 4) is 22.4 Å². The summed E-state index contributed by atoms with van der Waals surface area (Å²) < 4.78 is 0. The van der Waals surface area contributed by atoms with Crippen LogP contribution in [0.5, 0.6) is 0 Å². The van der Waals surface area contributed by atoms with Gasteiger partial charge in [-0.3, -0.25) is 4.98 Å². The Kier molecular flexibility index (Phi) is 2.75. The average Bonchev–Trinajstić information content (AvgIpc) is 3.04. The topological polar surface area (TPSA) is 41.6 Å². The lowest BCUT2D eigenvalue weighted by Gasteiger charge is -2.10. The molecule has 0 saturated carbocycles. The monoisotopic (exact) mass is 271 g/mol. The van der Waals surface area contributed by atoms with Crippen molar-refractivity contribution < 1.29 is 0 Å². The number of hydrogen-bond acceptors (Lipinski definition) is 2. The van der Waals surface area contributed by atoms with E-state index in [2.05, 4.69) is 45.3 Å². The summed E-state index contributed by atoms with van der Waals surface area (Å²) >= 11 is 0. The molecule has 21 heavy (non-hydrogen) atoms. The van der Waals surface area contributed by atoms with Gasteiger partial charge in [-0.25, -0.2) is 4.98 Å². The third-order valence-corrected chi connectivity index (χ3v) is 3.62. The zero-order valence-electron chi connectivity index (χ0n) is 11.3. The Morgan fingerprint density at radius 1 is 0.667 bits per heavy atom. The fourth-order valence-corrected chi connectivity index (χ4v) is 2.66. The Morgan fingerprint density at radius 2 is 1.52 bits per heavy atom. The minimum absolute atomic E-state index is 0.906. The van der Waals surface area contributed by atoms with Crippen molar-refractivity contribution in [2.45, 2.75) is 0 Å². The minimum atomic E-state index is 0.906. The molecule has 1 N–H and O–H groups in total. The van der Waals surface area contributed by atoms with Crippen LogP contribution in [0.2, 0.25) is 0 Å². The predicted octanol–water partition coefficient (Wildman–Crippen LogP) is 4.29. The third kappa shape index (κ3) is 1.99. The first kappa shape index (κ1) is 11.9. The summed E-state index contributed by atoms with van der Waals surface area (Å²) in [5.74, 6) is 0. The first-order valence-electron chi connectivity index (χ1n) is 6.86. The van der Waals surface area contributed by atoms with E-state index in [0.717, 1.165) is 22.3 Å². The van der Waals surface area contributed by atoms with Gasteiger partial charge in [0, 0.05) is 29.5 Å². The number of pyridine rings is 2. The number of nitrogens with one attached hydrogen (secondary N) is 1. The second-order valence-electron chi connectivity index (χ2n) is 4.86. The molecule has 0 aliphatic carbocycles. The first-order valence-corrected chi connectivity index (χ1v) is 6.86. The predicted molar refractivity (Wildman–Crippen MR) is 84.8 cm³/mol. The van der Waals surface area contributed by atoms with E-state index in [1.807, 2.05) is 42.9 Å². The molecule has 0 fully saturated rings. The SMILES string of the molecule is c1ccc(-c2ccccc2-c2ccnc3[nH]ccc23)nc1. The highest BCUT2D eigenvalue weighted by Crippen LogP contribution is 2.34. The number of rotatable bonds is 2. The van der Waals surface area contributed by atoms with E-state index in [1.54, 1.807) is 0 Å². The molecule has 0 aliphatic rings. The molecule has 3 nitrogen and oxygen atoms in total. The molecule has 1 aromatic carbocycles. The minimum Gasteiger partial charge on any atom is -0.346 e. The van der Waals surface area contributed by atoms with Crippen molar-refractivity contribution in [1.82, 2.24) is 15.0 Å². The van der Waals surface area contributed by atoms with Crippen LogP contribution in [0.3, 0.4) is 0 Å². The van der Waals surface area contributed by atoms with Gasteiger partial charge in [0.25, 0.3) is 0 Å². The zero-order valence-corrected chi connectivity index (χ0v) is 11.3. The van der Waals surface area contributed by atoms with Gasteiger partial charge in [-0.05, 0) is 35.4 Å². The Bertz CT molecular complexity index is 894. The molecule has 3 aromatic heterocycles. The van der Waals surface area contributed by atoms with Crippen LogP contribution in [-0.4, -0.2) is 15.0 Å². The number of hydrogen-bond donors (Lipinski definition) is 1. The molecule has 4 rings (SSSR count). The number of fused-ring (bicyclic) bond motifs is 1. The van der Waals surface area contributed by atoms with Crippen molar-refractivity contribution >= 4 is 11.0 Å². The first-order chi connectivity index (χ1) is 10.4. The maximum absolute atomic E-state index is 4.48. The summed E-state index contributed by atoms with van der Waals surface area (Å²) in [7, 11) is 0. The van der Waals surface area contributed by atoms with Gasteiger partial charge in [0.05, 0.1) is 5.69 Å². The summed E-state index contributed by atoms with van der Waals surface area (Å²) in [6, 6.07) is 18.4. The maximum atomic E-state index is 4.48. The highest BCUT2D eigenvalue weighted by atomic mass is 14.8. The van der Waals surface area contributed by atoms with E-state index >= 15 is 0 Å². The smallest absolute Gasteiger partial charge is 0.137 e.